The Morgan fingerprint density at radius 3 is 2.50 bits per heavy atom. The van der Waals surface area contributed by atoms with Crippen molar-refractivity contribution < 1.29 is 9.53 Å². The number of hydrogen-bond donors (Lipinski definition) is 0. The predicted molar refractivity (Wildman–Crippen MR) is 53.5 cm³/mol. The molecule has 0 aliphatic heterocycles. The van der Waals surface area contributed by atoms with Crippen LogP contribution in [0.2, 0.25) is 0 Å². The molecule has 0 radical (unpaired) electrons. The Morgan fingerprint density at radius 2 is 2.08 bits per heavy atom. The van der Waals surface area contributed by atoms with Crippen LogP contribution >= 0.6 is 11.8 Å². The molecular weight excluding hydrogens is 172 g/mol. The highest BCUT2D eigenvalue weighted by molar-refractivity contribution is 8.00. The van der Waals surface area contributed by atoms with E-state index in [1.807, 2.05) is 13.8 Å². The Kier molecular flexibility index (Phi) is 7.36. The molecule has 12 heavy (non-hydrogen) atoms. The predicted octanol–water partition coefficient (Wildman–Crippen LogP) is 2.47. The van der Waals surface area contributed by atoms with Crippen LogP contribution in [0.15, 0.2) is 0 Å². The average Bonchev–Trinajstić information content (AvgIpc) is 2.06. The fourth-order valence-corrected chi connectivity index (χ4v) is 1.81. The van der Waals surface area contributed by atoms with Gasteiger partial charge in [0.1, 0.15) is 5.25 Å². The zero-order valence-electron chi connectivity index (χ0n) is 8.13. The van der Waals surface area contributed by atoms with Gasteiger partial charge in [-0.3, -0.25) is 4.79 Å². The number of rotatable bonds is 6. The monoisotopic (exact) mass is 190 g/mol. The molecule has 1 unspecified atom stereocenters. The third-order valence-electron chi connectivity index (χ3n) is 1.44. The maximum atomic E-state index is 11.2. The van der Waals surface area contributed by atoms with Crippen LogP contribution in [0, 0.1) is 0 Å². The second kappa shape index (κ2) is 7.47. The number of esters is 1. The lowest BCUT2D eigenvalue weighted by Crippen LogP contribution is -2.19. The van der Waals surface area contributed by atoms with Crippen LogP contribution in [-0.2, 0) is 9.53 Å². The van der Waals surface area contributed by atoms with Crippen LogP contribution in [-0.4, -0.2) is 23.6 Å². The Balaban J connectivity index is 3.71. The van der Waals surface area contributed by atoms with E-state index in [0.717, 1.165) is 18.6 Å². The summed E-state index contributed by atoms with van der Waals surface area (Å²) in [6.07, 6.45) is 1.98. The van der Waals surface area contributed by atoms with Gasteiger partial charge in [-0.15, -0.1) is 11.8 Å². The van der Waals surface area contributed by atoms with Crippen LogP contribution < -0.4 is 0 Å². The molecule has 0 saturated carbocycles. The van der Waals surface area contributed by atoms with Crippen molar-refractivity contribution in [2.45, 2.75) is 38.9 Å². The zero-order chi connectivity index (χ0) is 9.40. The topological polar surface area (TPSA) is 26.3 Å². The molecule has 0 rings (SSSR count). The number of carbonyl (C=O) groups excluding carboxylic acids is 1. The maximum Gasteiger partial charge on any atom is 0.319 e. The zero-order valence-corrected chi connectivity index (χ0v) is 8.95. The van der Waals surface area contributed by atoms with Gasteiger partial charge in [0, 0.05) is 0 Å². The van der Waals surface area contributed by atoms with Crippen molar-refractivity contribution in [1.82, 2.24) is 0 Å². The normalized spacial score (nSPS) is 12.6. The number of thioether (sulfide) groups is 1. The van der Waals surface area contributed by atoms with Crippen molar-refractivity contribution in [1.29, 1.82) is 0 Å². The molecule has 0 fully saturated rings. The van der Waals surface area contributed by atoms with Gasteiger partial charge in [0.15, 0.2) is 0 Å². The van der Waals surface area contributed by atoms with E-state index in [1.54, 1.807) is 11.8 Å². The lowest BCUT2D eigenvalue weighted by Gasteiger charge is -2.11. The van der Waals surface area contributed by atoms with Gasteiger partial charge in [0.25, 0.3) is 0 Å². The number of ether oxygens (including phenoxy) is 1. The van der Waals surface area contributed by atoms with Gasteiger partial charge in [0.2, 0.25) is 0 Å². The van der Waals surface area contributed by atoms with Crippen molar-refractivity contribution in [2.24, 2.45) is 0 Å². The second-order valence-electron chi connectivity index (χ2n) is 2.52. The summed E-state index contributed by atoms with van der Waals surface area (Å²) in [5.74, 6) is 0.982. The molecule has 72 valence electrons. The molecule has 0 spiro atoms. The third-order valence-corrected chi connectivity index (χ3v) is 3.02. The molecule has 0 amide bonds. The summed E-state index contributed by atoms with van der Waals surface area (Å²) in [5, 5.41) is 0.0462. The molecular formula is C9H18O2S. The first-order chi connectivity index (χ1) is 5.76. The van der Waals surface area contributed by atoms with Gasteiger partial charge >= 0.3 is 5.97 Å². The maximum absolute atomic E-state index is 11.2. The van der Waals surface area contributed by atoms with Gasteiger partial charge in [0.05, 0.1) is 6.61 Å². The highest BCUT2D eigenvalue weighted by Crippen LogP contribution is 2.16. The van der Waals surface area contributed by atoms with E-state index in [2.05, 4.69) is 6.92 Å². The van der Waals surface area contributed by atoms with E-state index in [4.69, 9.17) is 4.74 Å². The van der Waals surface area contributed by atoms with Crippen molar-refractivity contribution in [3.63, 3.8) is 0 Å². The molecule has 0 N–H and O–H groups in total. The van der Waals surface area contributed by atoms with Crippen LogP contribution in [0.1, 0.15) is 33.6 Å². The molecule has 0 heterocycles. The minimum Gasteiger partial charge on any atom is -0.465 e. The van der Waals surface area contributed by atoms with Gasteiger partial charge in [-0.2, -0.15) is 0 Å². The summed E-state index contributed by atoms with van der Waals surface area (Å²) in [6.45, 7) is 6.46. The molecule has 0 bridgehead atoms. The highest BCUT2D eigenvalue weighted by atomic mass is 32.2. The molecule has 0 saturated heterocycles. The van der Waals surface area contributed by atoms with Crippen LogP contribution in [0.3, 0.4) is 0 Å². The summed E-state index contributed by atoms with van der Waals surface area (Å²) in [7, 11) is 0. The molecule has 0 aliphatic carbocycles. The van der Waals surface area contributed by atoms with Gasteiger partial charge in [-0.1, -0.05) is 13.8 Å². The van der Waals surface area contributed by atoms with Crippen molar-refractivity contribution in [3.05, 3.63) is 0 Å². The van der Waals surface area contributed by atoms with Gasteiger partial charge in [-0.05, 0) is 25.5 Å². The van der Waals surface area contributed by atoms with Crippen molar-refractivity contribution in [2.75, 3.05) is 12.4 Å². The smallest absolute Gasteiger partial charge is 0.319 e. The van der Waals surface area contributed by atoms with E-state index in [9.17, 15) is 4.79 Å². The number of carbonyl (C=O) groups is 1. The van der Waals surface area contributed by atoms with E-state index in [1.165, 1.54) is 0 Å². The first-order valence-electron chi connectivity index (χ1n) is 4.54. The van der Waals surface area contributed by atoms with Gasteiger partial charge < -0.3 is 4.74 Å². The van der Waals surface area contributed by atoms with Gasteiger partial charge in [-0.25, -0.2) is 0 Å². The van der Waals surface area contributed by atoms with Crippen LogP contribution in [0.4, 0.5) is 0 Å². The van der Waals surface area contributed by atoms with E-state index in [0.29, 0.717) is 6.61 Å². The summed E-state index contributed by atoms with van der Waals surface area (Å²) < 4.78 is 4.93. The molecule has 0 aliphatic rings. The summed E-state index contributed by atoms with van der Waals surface area (Å²) in [5.41, 5.74) is 0. The largest absolute Gasteiger partial charge is 0.465 e. The lowest BCUT2D eigenvalue weighted by atomic mass is 10.3. The SMILES string of the molecule is CCCSC(CC)C(=O)OCC. The van der Waals surface area contributed by atoms with Crippen molar-refractivity contribution in [3.8, 4) is 0 Å². The fraction of sp³-hybridized carbons (Fsp3) is 0.889. The first-order valence-corrected chi connectivity index (χ1v) is 5.59. The summed E-state index contributed by atoms with van der Waals surface area (Å²) in [6, 6.07) is 0. The molecule has 3 heteroatoms. The molecule has 0 aromatic heterocycles. The Hall–Kier alpha value is -0.180. The molecule has 0 aromatic rings. The quantitative estimate of drug-likeness (QED) is 0.602. The Labute approximate surface area is 79.1 Å². The molecule has 0 aromatic carbocycles. The minimum atomic E-state index is -0.0570. The van der Waals surface area contributed by atoms with Crippen LogP contribution in [0.25, 0.3) is 0 Å². The summed E-state index contributed by atoms with van der Waals surface area (Å²) >= 11 is 1.70. The van der Waals surface area contributed by atoms with E-state index in [-0.39, 0.29) is 11.2 Å². The molecule has 1 atom stereocenters. The fourth-order valence-electron chi connectivity index (χ4n) is 0.848. The van der Waals surface area contributed by atoms with Crippen LogP contribution in [0.5, 0.6) is 0 Å². The highest BCUT2D eigenvalue weighted by Gasteiger charge is 2.16. The third kappa shape index (κ3) is 4.65. The van der Waals surface area contributed by atoms with Crippen molar-refractivity contribution >= 4 is 17.7 Å². The molecule has 2 nitrogen and oxygen atoms in total. The van der Waals surface area contributed by atoms with E-state index >= 15 is 0 Å². The van der Waals surface area contributed by atoms with E-state index < -0.39 is 0 Å². The minimum absolute atomic E-state index is 0.0462. The first kappa shape index (κ1) is 11.8. The summed E-state index contributed by atoms with van der Waals surface area (Å²) in [4.78, 5) is 11.2. The second-order valence-corrected chi connectivity index (χ2v) is 3.83. The Bertz CT molecular complexity index is 126. The Morgan fingerprint density at radius 1 is 1.42 bits per heavy atom. The number of hydrogen-bond acceptors (Lipinski definition) is 3. The average molecular weight is 190 g/mol. The standard InChI is InChI=1S/C9H18O2S/c1-4-7-12-8(5-2)9(10)11-6-3/h8H,4-7H2,1-3H3. The lowest BCUT2D eigenvalue weighted by molar-refractivity contribution is -0.142.